The summed E-state index contributed by atoms with van der Waals surface area (Å²) in [7, 11) is 0. The third-order valence-corrected chi connectivity index (χ3v) is 8.16. The summed E-state index contributed by atoms with van der Waals surface area (Å²) in [6, 6.07) is 0. The highest BCUT2D eigenvalue weighted by Gasteiger charge is 2.02. The Bertz CT molecular complexity index is 635. The topological polar surface area (TPSA) is 52.6 Å². The molecular weight excluding hydrogens is 544 g/mol. The summed E-state index contributed by atoms with van der Waals surface area (Å²) in [4.78, 5) is 23.6. The van der Waals surface area contributed by atoms with E-state index in [9.17, 15) is 9.59 Å². The molecule has 256 valence electrons. The summed E-state index contributed by atoms with van der Waals surface area (Å²) in [5.74, 6) is -0.932. The van der Waals surface area contributed by atoms with Crippen LogP contribution in [0, 0.1) is 0 Å². The van der Waals surface area contributed by atoms with Gasteiger partial charge in [-0.2, -0.15) is 0 Å². The largest absolute Gasteiger partial charge is 0.463 e. The SMILES string of the molecule is CCCCCCCC/C=C\CCCCCCCCOC(=O)/C=C\C(=O)OCCCCCCCC/C=C/CCCCCCCC. The van der Waals surface area contributed by atoms with Crippen molar-refractivity contribution in [2.75, 3.05) is 13.2 Å². The molecule has 0 atom stereocenters. The number of carbonyl (C=O) groups is 2. The molecule has 0 amide bonds. The van der Waals surface area contributed by atoms with Gasteiger partial charge >= 0.3 is 11.9 Å². The smallest absolute Gasteiger partial charge is 0.331 e. The van der Waals surface area contributed by atoms with Crippen molar-refractivity contribution in [3.8, 4) is 0 Å². The van der Waals surface area contributed by atoms with Crippen molar-refractivity contribution < 1.29 is 19.1 Å². The van der Waals surface area contributed by atoms with E-state index in [1.54, 1.807) is 0 Å². The van der Waals surface area contributed by atoms with Crippen LogP contribution in [0.15, 0.2) is 36.5 Å². The van der Waals surface area contributed by atoms with Gasteiger partial charge in [-0.1, -0.05) is 154 Å². The van der Waals surface area contributed by atoms with Crippen molar-refractivity contribution in [2.45, 2.75) is 194 Å². The predicted octanol–water partition coefficient (Wildman–Crippen LogP) is 12.7. The molecule has 0 saturated carbocycles. The Morgan fingerprint density at radius 3 is 0.909 bits per heavy atom. The average molecular weight is 617 g/mol. The number of carbonyl (C=O) groups excluding carboxylic acids is 2. The lowest BCUT2D eigenvalue weighted by molar-refractivity contribution is -0.140. The van der Waals surface area contributed by atoms with E-state index in [4.69, 9.17) is 9.47 Å². The van der Waals surface area contributed by atoms with Crippen LogP contribution in [0.3, 0.4) is 0 Å². The fourth-order valence-electron chi connectivity index (χ4n) is 5.28. The summed E-state index contributed by atoms with van der Waals surface area (Å²) in [6.45, 7) is 5.36. The quantitative estimate of drug-likeness (QED) is 0.0312. The van der Waals surface area contributed by atoms with E-state index in [1.807, 2.05) is 0 Å². The molecule has 0 bridgehead atoms. The Hall–Kier alpha value is -1.84. The first-order chi connectivity index (χ1) is 21.7. The van der Waals surface area contributed by atoms with Crippen LogP contribution in [0.25, 0.3) is 0 Å². The van der Waals surface area contributed by atoms with Gasteiger partial charge in [0.15, 0.2) is 0 Å². The molecule has 0 aromatic rings. The zero-order valence-electron chi connectivity index (χ0n) is 29.3. The summed E-state index contributed by atoms with van der Waals surface area (Å²) in [5.41, 5.74) is 0. The second kappa shape index (κ2) is 37.3. The molecule has 4 heteroatoms. The summed E-state index contributed by atoms with van der Waals surface area (Å²) in [6.07, 6.45) is 46.9. The normalized spacial score (nSPS) is 11.8. The number of hydrogen-bond donors (Lipinski definition) is 0. The van der Waals surface area contributed by atoms with E-state index >= 15 is 0 Å². The van der Waals surface area contributed by atoms with Gasteiger partial charge in [-0.25, -0.2) is 9.59 Å². The molecule has 0 aliphatic heterocycles. The van der Waals surface area contributed by atoms with Crippen LogP contribution < -0.4 is 0 Å². The zero-order chi connectivity index (χ0) is 32.0. The van der Waals surface area contributed by atoms with Crippen LogP contribution in [0.1, 0.15) is 194 Å². The molecule has 0 spiro atoms. The number of esters is 2. The minimum absolute atomic E-state index is 0.412. The Balaban J connectivity index is 3.40. The zero-order valence-corrected chi connectivity index (χ0v) is 29.3. The minimum atomic E-state index is -0.466. The molecule has 0 heterocycles. The van der Waals surface area contributed by atoms with Gasteiger partial charge in [0, 0.05) is 12.2 Å². The third-order valence-electron chi connectivity index (χ3n) is 8.16. The maximum atomic E-state index is 11.8. The first kappa shape index (κ1) is 42.2. The number of ether oxygens (including phenoxy) is 2. The van der Waals surface area contributed by atoms with E-state index in [1.165, 1.54) is 166 Å². The van der Waals surface area contributed by atoms with Gasteiger partial charge in [0.25, 0.3) is 0 Å². The molecule has 0 unspecified atom stereocenters. The van der Waals surface area contributed by atoms with Crippen LogP contribution in [0.2, 0.25) is 0 Å². The van der Waals surface area contributed by atoms with Crippen molar-refractivity contribution in [1.82, 2.24) is 0 Å². The Morgan fingerprint density at radius 1 is 0.364 bits per heavy atom. The van der Waals surface area contributed by atoms with Crippen molar-refractivity contribution in [1.29, 1.82) is 0 Å². The average Bonchev–Trinajstić information content (AvgIpc) is 3.03. The van der Waals surface area contributed by atoms with Crippen LogP contribution in [0.4, 0.5) is 0 Å². The molecule has 4 nitrogen and oxygen atoms in total. The lowest BCUT2D eigenvalue weighted by atomic mass is 10.1. The fourth-order valence-corrected chi connectivity index (χ4v) is 5.28. The van der Waals surface area contributed by atoms with Gasteiger partial charge in [0.05, 0.1) is 13.2 Å². The van der Waals surface area contributed by atoms with Crippen LogP contribution in [-0.4, -0.2) is 25.2 Å². The van der Waals surface area contributed by atoms with Gasteiger partial charge in [-0.05, 0) is 64.2 Å². The fraction of sp³-hybridized carbons (Fsp3) is 0.800. The van der Waals surface area contributed by atoms with E-state index in [-0.39, 0.29) is 0 Å². The Morgan fingerprint density at radius 2 is 0.614 bits per heavy atom. The summed E-state index contributed by atoms with van der Waals surface area (Å²) < 4.78 is 10.4. The molecule has 0 saturated heterocycles. The van der Waals surface area contributed by atoms with E-state index < -0.39 is 11.9 Å². The van der Waals surface area contributed by atoms with Gasteiger partial charge in [-0.3, -0.25) is 0 Å². The maximum Gasteiger partial charge on any atom is 0.331 e. The molecule has 0 aliphatic carbocycles. The van der Waals surface area contributed by atoms with E-state index in [2.05, 4.69) is 38.2 Å². The second-order valence-corrected chi connectivity index (χ2v) is 12.5. The molecule has 44 heavy (non-hydrogen) atoms. The van der Waals surface area contributed by atoms with Crippen LogP contribution >= 0.6 is 0 Å². The molecule has 0 N–H and O–H groups in total. The highest BCUT2D eigenvalue weighted by molar-refractivity contribution is 5.91. The van der Waals surface area contributed by atoms with Crippen molar-refractivity contribution in [3.63, 3.8) is 0 Å². The Kier molecular flexibility index (Phi) is 35.8. The minimum Gasteiger partial charge on any atom is -0.463 e. The monoisotopic (exact) mass is 617 g/mol. The lowest BCUT2D eigenvalue weighted by Gasteiger charge is -2.03. The molecule has 0 fully saturated rings. The number of allylic oxidation sites excluding steroid dienone is 4. The molecule has 0 aromatic heterocycles. The maximum absolute atomic E-state index is 11.8. The summed E-state index contributed by atoms with van der Waals surface area (Å²) in [5, 5.41) is 0. The van der Waals surface area contributed by atoms with Gasteiger partial charge in [0.1, 0.15) is 0 Å². The number of unbranched alkanes of at least 4 members (excludes halogenated alkanes) is 24. The first-order valence-electron chi connectivity index (χ1n) is 19.0. The van der Waals surface area contributed by atoms with Crippen molar-refractivity contribution in [3.05, 3.63) is 36.5 Å². The summed E-state index contributed by atoms with van der Waals surface area (Å²) >= 11 is 0. The lowest BCUT2D eigenvalue weighted by Crippen LogP contribution is -2.06. The first-order valence-corrected chi connectivity index (χ1v) is 19.0. The third kappa shape index (κ3) is 36.4. The highest BCUT2D eigenvalue weighted by Crippen LogP contribution is 2.11. The van der Waals surface area contributed by atoms with Crippen molar-refractivity contribution >= 4 is 11.9 Å². The standard InChI is InChI=1S/C40H72O4/c1-3-5-7-9-11-13-15-17-19-21-23-25-27-29-31-33-37-43-39(41)35-36-40(42)44-38-34-32-30-28-26-24-22-20-18-16-14-12-10-8-6-4-2/h17-20,35-36H,3-16,21-34,37-38H2,1-2H3/b19-17-,20-18+,36-35-. The van der Waals surface area contributed by atoms with Crippen molar-refractivity contribution in [2.24, 2.45) is 0 Å². The second-order valence-electron chi connectivity index (χ2n) is 12.5. The Labute approximate surface area is 273 Å². The number of rotatable bonds is 34. The number of hydrogen-bond acceptors (Lipinski definition) is 4. The highest BCUT2D eigenvalue weighted by atomic mass is 16.5. The van der Waals surface area contributed by atoms with Crippen LogP contribution in [-0.2, 0) is 19.1 Å². The van der Waals surface area contributed by atoms with E-state index in [0.717, 1.165) is 25.7 Å². The van der Waals surface area contributed by atoms with Gasteiger partial charge in [0.2, 0.25) is 0 Å². The molecular formula is C40H72O4. The molecule has 0 rings (SSSR count). The predicted molar refractivity (Wildman–Crippen MR) is 190 cm³/mol. The molecule has 0 radical (unpaired) electrons. The molecule has 0 aromatic carbocycles. The van der Waals surface area contributed by atoms with Gasteiger partial charge < -0.3 is 9.47 Å². The molecule has 0 aliphatic rings. The van der Waals surface area contributed by atoms with Gasteiger partial charge in [-0.15, -0.1) is 0 Å². The van der Waals surface area contributed by atoms with E-state index in [0.29, 0.717) is 13.2 Å². The van der Waals surface area contributed by atoms with Crippen LogP contribution in [0.5, 0.6) is 0 Å².